The molecule has 0 bridgehead atoms. The Morgan fingerprint density at radius 2 is 1.97 bits per heavy atom. The second-order valence-electron chi connectivity index (χ2n) is 8.14. The smallest absolute Gasteiger partial charge is 0.240 e. The number of rotatable bonds is 9. The number of likely N-dealkylation sites (N-methyl/N-ethyl adjacent to an activating group) is 1. The summed E-state index contributed by atoms with van der Waals surface area (Å²) in [6.45, 7) is 6.49. The van der Waals surface area contributed by atoms with E-state index in [9.17, 15) is 14.0 Å². The van der Waals surface area contributed by atoms with E-state index in [0.717, 1.165) is 28.9 Å². The van der Waals surface area contributed by atoms with Gasteiger partial charge in [-0.15, -0.1) is 11.3 Å². The molecule has 0 aliphatic carbocycles. The molecule has 4 rings (SSSR count). The number of thiophene rings is 1. The number of hydrogen-bond acceptors (Lipinski definition) is 7. The minimum Gasteiger partial charge on any atom is -0.493 e. The maximum atomic E-state index is 14.4. The predicted molar refractivity (Wildman–Crippen MR) is 135 cm³/mol. The molecule has 1 amide bonds. The fraction of sp³-hybridized carbons (Fsp3) is 0.346. The molecular weight excluding hydrogens is 469 g/mol. The Bertz CT molecular complexity index is 1290. The van der Waals surface area contributed by atoms with Gasteiger partial charge in [0.2, 0.25) is 5.91 Å². The number of methoxy groups -OCH3 is 1. The van der Waals surface area contributed by atoms with Gasteiger partial charge in [0.05, 0.1) is 24.1 Å². The first kappa shape index (κ1) is 24.8. The number of hydrazone groups is 1. The zero-order valence-electron chi connectivity index (χ0n) is 20.0. The van der Waals surface area contributed by atoms with Gasteiger partial charge in [-0.25, -0.2) is 9.82 Å². The first-order valence-corrected chi connectivity index (χ1v) is 12.4. The zero-order valence-corrected chi connectivity index (χ0v) is 20.8. The van der Waals surface area contributed by atoms with Gasteiger partial charge in [0.1, 0.15) is 5.82 Å². The van der Waals surface area contributed by atoms with Crippen LogP contribution in [0.1, 0.15) is 47.5 Å². The number of benzene rings is 2. The molecule has 2 aromatic carbocycles. The summed E-state index contributed by atoms with van der Waals surface area (Å²) < 4.78 is 25.7. The van der Waals surface area contributed by atoms with E-state index < -0.39 is 0 Å². The van der Waals surface area contributed by atoms with Crippen molar-refractivity contribution in [1.82, 2.24) is 10.3 Å². The van der Waals surface area contributed by atoms with Crippen molar-refractivity contribution in [2.75, 3.05) is 26.8 Å². The Balaban J connectivity index is 1.45. The largest absolute Gasteiger partial charge is 0.493 e. The fourth-order valence-corrected chi connectivity index (χ4v) is 5.37. The van der Waals surface area contributed by atoms with Crippen LogP contribution < -0.4 is 14.9 Å². The Morgan fingerprint density at radius 1 is 1.14 bits per heavy atom. The van der Waals surface area contributed by atoms with E-state index in [1.54, 1.807) is 24.3 Å². The van der Waals surface area contributed by atoms with E-state index in [2.05, 4.69) is 22.4 Å². The summed E-state index contributed by atoms with van der Waals surface area (Å²) in [5.41, 5.74) is 4.64. The number of carbonyl (C=O) groups excluding carboxylic acids is 2. The van der Waals surface area contributed by atoms with Crippen LogP contribution in [0.5, 0.6) is 11.5 Å². The van der Waals surface area contributed by atoms with Crippen molar-refractivity contribution in [3.63, 3.8) is 0 Å². The Morgan fingerprint density at radius 3 is 2.71 bits per heavy atom. The fourth-order valence-electron chi connectivity index (χ4n) is 4.10. The van der Waals surface area contributed by atoms with E-state index in [1.807, 2.05) is 13.0 Å². The predicted octanol–water partition coefficient (Wildman–Crippen LogP) is 4.77. The topological polar surface area (TPSA) is 80.2 Å². The molecule has 35 heavy (non-hydrogen) atoms. The Kier molecular flexibility index (Phi) is 7.77. The first-order valence-electron chi connectivity index (χ1n) is 11.6. The van der Waals surface area contributed by atoms with Gasteiger partial charge in [-0.2, -0.15) is 5.10 Å². The summed E-state index contributed by atoms with van der Waals surface area (Å²) in [7, 11) is 1.51. The molecule has 0 fully saturated rings. The Hall–Kier alpha value is -3.30. The molecule has 1 N–H and O–H groups in total. The van der Waals surface area contributed by atoms with Crippen LogP contribution in [0, 0.1) is 5.82 Å². The van der Waals surface area contributed by atoms with Gasteiger partial charge in [-0.1, -0.05) is 19.1 Å². The highest BCUT2D eigenvalue weighted by Crippen LogP contribution is 2.36. The maximum Gasteiger partial charge on any atom is 0.240 e. The molecule has 3 aromatic rings. The maximum absolute atomic E-state index is 14.4. The van der Waals surface area contributed by atoms with Crippen molar-refractivity contribution in [2.24, 2.45) is 5.10 Å². The molecule has 0 saturated carbocycles. The molecule has 1 aliphatic heterocycles. The van der Waals surface area contributed by atoms with E-state index in [4.69, 9.17) is 9.47 Å². The quantitative estimate of drug-likeness (QED) is 0.340. The highest BCUT2D eigenvalue weighted by Gasteiger charge is 2.26. The summed E-state index contributed by atoms with van der Waals surface area (Å²) >= 11 is 1.43. The van der Waals surface area contributed by atoms with Gasteiger partial charge in [-0.3, -0.25) is 14.5 Å². The molecule has 0 atom stereocenters. The summed E-state index contributed by atoms with van der Waals surface area (Å²) in [5, 5.41) is 5.21. The van der Waals surface area contributed by atoms with E-state index in [0.29, 0.717) is 40.6 Å². The van der Waals surface area contributed by atoms with Crippen molar-refractivity contribution in [2.45, 2.75) is 33.2 Å². The van der Waals surface area contributed by atoms with Crippen LogP contribution in [0.2, 0.25) is 0 Å². The molecule has 1 aromatic heterocycles. The minimum absolute atomic E-state index is 0.00545. The third-order valence-electron chi connectivity index (χ3n) is 5.90. The summed E-state index contributed by atoms with van der Waals surface area (Å²) in [6.07, 6.45) is 0.0290. The number of hydrogen-bond donors (Lipinski definition) is 1. The van der Waals surface area contributed by atoms with E-state index in [1.165, 1.54) is 24.5 Å². The molecule has 0 radical (unpaired) electrons. The molecule has 184 valence electrons. The number of Topliss-reactive ketones (excluding diaryl/α,β-unsaturated/α-hetero) is 1. The van der Waals surface area contributed by atoms with Gasteiger partial charge >= 0.3 is 0 Å². The molecular formula is C26H28FN3O4S. The lowest BCUT2D eigenvalue weighted by atomic mass is 10.0. The van der Waals surface area contributed by atoms with Crippen LogP contribution in [0.4, 0.5) is 4.39 Å². The lowest BCUT2D eigenvalue weighted by molar-refractivity contribution is -0.121. The number of nitrogens with one attached hydrogen (secondary N) is 1. The zero-order chi connectivity index (χ0) is 24.9. The average Bonchev–Trinajstić information content (AvgIpc) is 3.26. The number of halogens is 1. The Labute approximate surface area is 207 Å². The normalized spacial score (nSPS) is 14.7. The summed E-state index contributed by atoms with van der Waals surface area (Å²) in [6, 6.07) is 10.0. The molecule has 0 unspecified atom stereocenters. The average molecular weight is 498 g/mol. The molecule has 7 nitrogen and oxygen atoms in total. The number of ketones is 1. The lowest BCUT2D eigenvalue weighted by Gasteiger charge is -2.26. The second-order valence-corrected chi connectivity index (χ2v) is 9.24. The number of ether oxygens (including phenoxy) is 2. The van der Waals surface area contributed by atoms with Gasteiger partial charge in [0.15, 0.2) is 17.3 Å². The van der Waals surface area contributed by atoms with Crippen LogP contribution in [-0.4, -0.2) is 49.1 Å². The number of nitrogens with zero attached hydrogens (tertiary/aromatic N) is 2. The highest BCUT2D eigenvalue weighted by molar-refractivity contribution is 7.19. The van der Waals surface area contributed by atoms with Crippen LogP contribution in [0.25, 0.3) is 10.1 Å². The van der Waals surface area contributed by atoms with Crippen molar-refractivity contribution in [3.05, 3.63) is 58.2 Å². The highest BCUT2D eigenvalue weighted by atomic mass is 32.1. The van der Waals surface area contributed by atoms with Crippen molar-refractivity contribution >= 4 is 38.8 Å². The minimum atomic E-state index is -0.357. The SMILES string of the molecule is CCOc1ccc(C(=O)CCC(=O)N/N=C2\CN(CC)Cc3sc4c(F)cccc4c32)cc1OC. The molecule has 0 saturated heterocycles. The molecule has 0 spiro atoms. The molecule has 1 aliphatic rings. The standard InChI is InChI=1S/C26H28FN3O4S/c1-4-30-14-19(25-17-7-6-8-18(27)26(17)35-23(25)15-30)28-29-24(32)12-10-20(31)16-9-11-21(34-5-2)22(13-16)33-3/h6-9,11,13H,4-5,10,12,14-15H2,1-3H3,(H,29,32)/b28-19+. The number of fused-ring (bicyclic) bond motifs is 3. The second kappa shape index (κ2) is 11.0. The van der Waals surface area contributed by atoms with E-state index >= 15 is 0 Å². The monoisotopic (exact) mass is 497 g/mol. The third kappa shape index (κ3) is 5.36. The van der Waals surface area contributed by atoms with Crippen LogP contribution >= 0.6 is 11.3 Å². The van der Waals surface area contributed by atoms with Crippen LogP contribution in [-0.2, 0) is 11.3 Å². The van der Waals surface area contributed by atoms with Gasteiger partial charge in [0, 0.05) is 47.3 Å². The summed E-state index contributed by atoms with van der Waals surface area (Å²) in [4.78, 5) is 28.4. The van der Waals surface area contributed by atoms with Gasteiger partial charge in [0.25, 0.3) is 0 Å². The van der Waals surface area contributed by atoms with Crippen LogP contribution in [0.15, 0.2) is 41.5 Å². The summed E-state index contributed by atoms with van der Waals surface area (Å²) in [5.74, 6) is 0.253. The molecule has 9 heteroatoms. The lowest BCUT2D eigenvalue weighted by Crippen LogP contribution is -2.36. The van der Waals surface area contributed by atoms with Crippen molar-refractivity contribution < 1.29 is 23.5 Å². The number of amides is 1. The van der Waals surface area contributed by atoms with Crippen LogP contribution in [0.3, 0.4) is 0 Å². The van der Waals surface area contributed by atoms with Gasteiger partial charge in [-0.05, 0) is 37.7 Å². The van der Waals surface area contributed by atoms with Crippen molar-refractivity contribution in [3.8, 4) is 11.5 Å². The molecule has 2 heterocycles. The third-order valence-corrected chi connectivity index (χ3v) is 7.10. The van der Waals surface area contributed by atoms with Crippen molar-refractivity contribution in [1.29, 1.82) is 0 Å². The first-order chi connectivity index (χ1) is 16.9. The van der Waals surface area contributed by atoms with E-state index in [-0.39, 0.29) is 30.3 Å². The number of carbonyl (C=O) groups is 2. The van der Waals surface area contributed by atoms with Gasteiger partial charge < -0.3 is 9.47 Å².